The predicted octanol–water partition coefficient (Wildman–Crippen LogP) is 1.78. The van der Waals surface area contributed by atoms with Crippen molar-refractivity contribution in [2.75, 3.05) is 14.2 Å². The summed E-state index contributed by atoms with van der Waals surface area (Å²) in [6.07, 6.45) is 3.56. The summed E-state index contributed by atoms with van der Waals surface area (Å²) in [4.78, 5) is 12.6. The molecule has 0 saturated heterocycles. The number of aryl methyl sites for hydroxylation is 2. The Labute approximate surface area is 135 Å². The molecule has 6 nitrogen and oxygen atoms in total. The maximum absolute atomic E-state index is 12.6. The fourth-order valence-corrected chi connectivity index (χ4v) is 3.20. The number of carbonyl (C=O) groups excluding carboxylic acids is 1. The lowest BCUT2D eigenvalue weighted by Gasteiger charge is -2.15. The van der Waals surface area contributed by atoms with Gasteiger partial charge in [-0.15, -0.1) is 5.10 Å². The molecule has 2 aromatic rings. The number of methoxy groups -OCH3 is 2. The van der Waals surface area contributed by atoms with E-state index in [1.54, 1.807) is 18.9 Å². The van der Waals surface area contributed by atoms with E-state index in [1.165, 1.54) is 5.56 Å². The van der Waals surface area contributed by atoms with E-state index in [1.807, 2.05) is 25.4 Å². The van der Waals surface area contributed by atoms with Gasteiger partial charge in [0.05, 0.1) is 25.7 Å². The monoisotopic (exact) mass is 315 g/mol. The summed E-state index contributed by atoms with van der Waals surface area (Å²) in [7, 11) is 5.04. The largest absolute Gasteiger partial charge is 0.496 e. The lowest BCUT2D eigenvalue weighted by atomic mass is 9.99. The second kappa shape index (κ2) is 6.32. The van der Waals surface area contributed by atoms with Crippen molar-refractivity contribution in [1.82, 2.24) is 15.1 Å². The molecule has 0 fully saturated rings. The highest BCUT2D eigenvalue weighted by molar-refractivity contribution is 5.86. The number of ether oxygens (including phenoxy) is 2. The number of hydrogen-bond acceptors (Lipinski definition) is 4. The molecule has 0 saturated carbocycles. The van der Waals surface area contributed by atoms with Crippen molar-refractivity contribution in [2.45, 2.75) is 25.3 Å². The van der Waals surface area contributed by atoms with E-state index >= 15 is 0 Å². The molecule has 1 aliphatic rings. The molecule has 122 valence electrons. The average molecular weight is 315 g/mol. The van der Waals surface area contributed by atoms with Gasteiger partial charge in [0, 0.05) is 25.4 Å². The molecule has 6 heteroatoms. The van der Waals surface area contributed by atoms with E-state index in [9.17, 15) is 4.79 Å². The summed E-state index contributed by atoms with van der Waals surface area (Å²) in [5.74, 6) is 1.18. The quantitative estimate of drug-likeness (QED) is 0.913. The van der Waals surface area contributed by atoms with E-state index in [-0.39, 0.29) is 11.8 Å². The van der Waals surface area contributed by atoms with Gasteiger partial charge in [-0.3, -0.25) is 9.48 Å². The highest BCUT2D eigenvalue weighted by Gasteiger charge is 2.31. The average Bonchev–Trinajstić information content (AvgIpc) is 3.15. The Balaban J connectivity index is 1.74. The van der Waals surface area contributed by atoms with Crippen LogP contribution in [-0.4, -0.2) is 29.9 Å². The van der Waals surface area contributed by atoms with Crippen LogP contribution in [0.15, 0.2) is 24.4 Å². The molecular weight excluding hydrogens is 294 g/mol. The first-order chi connectivity index (χ1) is 11.1. The van der Waals surface area contributed by atoms with E-state index in [0.29, 0.717) is 12.4 Å². The number of nitrogens with zero attached hydrogens (tertiary/aromatic N) is 2. The van der Waals surface area contributed by atoms with Crippen LogP contribution >= 0.6 is 0 Å². The van der Waals surface area contributed by atoms with Crippen molar-refractivity contribution in [1.29, 1.82) is 0 Å². The van der Waals surface area contributed by atoms with Crippen molar-refractivity contribution in [3.63, 3.8) is 0 Å². The highest BCUT2D eigenvalue weighted by atomic mass is 16.5. The number of aromatic nitrogens is 2. The molecule has 23 heavy (non-hydrogen) atoms. The third-order valence-corrected chi connectivity index (χ3v) is 4.26. The van der Waals surface area contributed by atoms with Gasteiger partial charge >= 0.3 is 0 Å². The Kier molecular flexibility index (Phi) is 4.23. The Morgan fingerprint density at radius 2 is 2.22 bits per heavy atom. The molecule has 1 N–H and O–H groups in total. The lowest BCUT2D eigenvalue weighted by molar-refractivity contribution is -0.122. The number of fused-ring (bicyclic) bond motifs is 1. The fraction of sp³-hybridized carbons (Fsp3) is 0.412. The van der Waals surface area contributed by atoms with Gasteiger partial charge in [-0.1, -0.05) is 12.1 Å². The SMILES string of the molecule is COc1cccc2c1[C@H](C(=O)NCc1cn(C)nc1OC)CC2. The van der Waals surface area contributed by atoms with Crippen molar-refractivity contribution in [2.24, 2.45) is 7.05 Å². The first-order valence-corrected chi connectivity index (χ1v) is 7.64. The predicted molar refractivity (Wildman–Crippen MR) is 85.7 cm³/mol. The molecule has 1 aromatic heterocycles. The van der Waals surface area contributed by atoms with Crippen molar-refractivity contribution >= 4 is 5.91 Å². The van der Waals surface area contributed by atoms with E-state index in [0.717, 1.165) is 29.7 Å². The lowest BCUT2D eigenvalue weighted by Crippen LogP contribution is -2.28. The molecule has 0 bridgehead atoms. The van der Waals surface area contributed by atoms with Crippen molar-refractivity contribution < 1.29 is 14.3 Å². The second-order valence-corrected chi connectivity index (χ2v) is 5.68. The normalized spacial score (nSPS) is 16.0. The molecule has 0 radical (unpaired) electrons. The third kappa shape index (κ3) is 2.88. The molecule has 1 aliphatic carbocycles. The fourth-order valence-electron chi connectivity index (χ4n) is 3.20. The van der Waals surface area contributed by atoms with Gasteiger partial charge in [0.2, 0.25) is 11.8 Å². The molecule has 0 spiro atoms. The van der Waals surface area contributed by atoms with Crippen LogP contribution in [0.5, 0.6) is 11.6 Å². The Morgan fingerprint density at radius 3 is 2.96 bits per heavy atom. The Hall–Kier alpha value is -2.50. The van der Waals surface area contributed by atoms with Crippen LogP contribution in [0.1, 0.15) is 29.0 Å². The highest BCUT2D eigenvalue weighted by Crippen LogP contribution is 2.39. The number of benzene rings is 1. The summed E-state index contributed by atoms with van der Waals surface area (Å²) in [6.45, 7) is 0.400. The first-order valence-electron chi connectivity index (χ1n) is 7.64. The zero-order valence-electron chi connectivity index (χ0n) is 13.6. The van der Waals surface area contributed by atoms with Gasteiger partial charge in [-0.25, -0.2) is 0 Å². The minimum absolute atomic E-state index is 0.0131. The molecule has 1 aromatic carbocycles. The van der Waals surface area contributed by atoms with E-state index in [4.69, 9.17) is 9.47 Å². The summed E-state index contributed by atoms with van der Waals surface area (Å²) in [5, 5.41) is 7.18. The van der Waals surface area contributed by atoms with Gasteiger partial charge < -0.3 is 14.8 Å². The number of carbonyl (C=O) groups is 1. The van der Waals surface area contributed by atoms with Crippen molar-refractivity contribution in [3.05, 3.63) is 41.1 Å². The van der Waals surface area contributed by atoms with Gasteiger partial charge in [0.15, 0.2) is 0 Å². The van der Waals surface area contributed by atoms with Crippen LogP contribution in [0.2, 0.25) is 0 Å². The number of rotatable bonds is 5. The second-order valence-electron chi connectivity index (χ2n) is 5.68. The molecule has 1 heterocycles. The van der Waals surface area contributed by atoms with Gasteiger partial charge in [-0.05, 0) is 24.5 Å². The molecular formula is C17H21N3O3. The Bertz CT molecular complexity index is 724. The molecule has 0 aliphatic heterocycles. The van der Waals surface area contributed by atoms with Crippen LogP contribution in [0.3, 0.4) is 0 Å². The van der Waals surface area contributed by atoms with Crippen LogP contribution in [-0.2, 0) is 24.8 Å². The minimum atomic E-state index is -0.163. The van der Waals surface area contributed by atoms with Crippen LogP contribution in [0, 0.1) is 0 Å². The zero-order valence-corrected chi connectivity index (χ0v) is 13.6. The van der Waals surface area contributed by atoms with E-state index in [2.05, 4.69) is 16.5 Å². The smallest absolute Gasteiger partial charge is 0.237 e. The standard InChI is InChI=1S/C17H21N3O3/c1-20-10-12(17(19-20)23-3)9-18-16(21)13-8-7-11-5-4-6-14(22-2)15(11)13/h4-6,10,13H,7-9H2,1-3H3,(H,18,21)/t13-/m1/s1. The maximum atomic E-state index is 12.6. The van der Waals surface area contributed by atoms with Crippen LogP contribution < -0.4 is 14.8 Å². The Morgan fingerprint density at radius 1 is 1.39 bits per heavy atom. The topological polar surface area (TPSA) is 65.4 Å². The van der Waals surface area contributed by atoms with Gasteiger partial charge in [0.1, 0.15) is 5.75 Å². The van der Waals surface area contributed by atoms with Gasteiger partial charge in [-0.2, -0.15) is 0 Å². The summed E-state index contributed by atoms with van der Waals surface area (Å²) in [5.41, 5.74) is 3.08. The molecule has 1 amide bonds. The van der Waals surface area contributed by atoms with Crippen LogP contribution in [0.4, 0.5) is 0 Å². The van der Waals surface area contributed by atoms with Crippen LogP contribution in [0.25, 0.3) is 0 Å². The summed E-state index contributed by atoms with van der Waals surface area (Å²) >= 11 is 0. The number of amides is 1. The van der Waals surface area contributed by atoms with Crippen molar-refractivity contribution in [3.8, 4) is 11.6 Å². The molecule has 0 unspecified atom stereocenters. The number of hydrogen-bond donors (Lipinski definition) is 1. The molecule has 3 rings (SSSR count). The number of nitrogens with one attached hydrogen (secondary N) is 1. The summed E-state index contributed by atoms with van der Waals surface area (Å²) < 4.78 is 12.3. The van der Waals surface area contributed by atoms with Gasteiger partial charge in [0.25, 0.3) is 0 Å². The maximum Gasteiger partial charge on any atom is 0.237 e. The zero-order chi connectivity index (χ0) is 16.4. The first kappa shape index (κ1) is 15.4. The molecule has 1 atom stereocenters. The third-order valence-electron chi connectivity index (χ3n) is 4.26. The van der Waals surface area contributed by atoms with E-state index < -0.39 is 0 Å². The minimum Gasteiger partial charge on any atom is -0.496 e. The summed E-state index contributed by atoms with van der Waals surface area (Å²) in [6, 6.07) is 5.95.